The standard InChI is InChI=1S/C12H14N4O/c13-5-8-17-11-4-1-3-10(9-11)16-12-14-6-2-7-15-12/h1-4,6-7,9H,5,8,13H2,(H,14,15,16). The number of nitrogens with one attached hydrogen (secondary N) is 1. The Labute approximate surface area is 99.7 Å². The molecule has 0 unspecified atom stereocenters. The van der Waals surface area contributed by atoms with Crippen molar-refractivity contribution in [3.05, 3.63) is 42.7 Å². The molecule has 0 aliphatic carbocycles. The van der Waals surface area contributed by atoms with E-state index in [9.17, 15) is 0 Å². The van der Waals surface area contributed by atoms with E-state index < -0.39 is 0 Å². The molecule has 5 heteroatoms. The van der Waals surface area contributed by atoms with Gasteiger partial charge in [0.1, 0.15) is 12.4 Å². The van der Waals surface area contributed by atoms with Gasteiger partial charge in [0.25, 0.3) is 0 Å². The van der Waals surface area contributed by atoms with E-state index in [2.05, 4.69) is 15.3 Å². The van der Waals surface area contributed by atoms with Crippen LogP contribution in [0.5, 0.6) is 5.75 Å². The summed E-state index contributed by atoms with van der Waals surface area (Å²) in [7, 11) is 0. The fourth-order valence-electron chi connectivity index (χ4n) is 1.33. The van der Waals surface area contributed by atoms with Gasteiger partial charge in [-0.2, -0.15) is 0 Å². The zero-order valence-electron chi connectivity index (χ0n) is 9.34. The first kappa shape index (κ1) is 11.3. The van der Waals surface area contributed by atoms with Gasteiger partial charge in [-0.3, -0.25) is 0 Å². The molecule has 0 amide bonds. The van der Waals surface area contributed by atoms with Crippen molar-refractivity contribution < 1.29 is 4.74 Å². The lowest BCUT2D eigenvalue weighted by Gasteiger charge is -2.07. The molecule has 1 aromatic carbocycles. The molecule has 0 radical (unpaired) electrons. The van der Waals surface area contributed by atoms with Crippen LogP contribution in [0.4, 0.5) is 11.6 Å². The van der Waals surface area contributed by atoms with Crippen molar-refractivity contribution in [3.63, 3.8) is 0 Å². The van der Waals surface area contributed by atoms with Crippen LogP contribution in [0.3, 0.4) is 0 Å². The molecule has 1 aromatic heterocycles. The molecular weight excluding hydrogens is 216 g/mol. The van der Waals surface area contributed by atoms with Crippen LogP contribution in [0.1, 0.15) is 0 Å². The number of nitrogens with two attached hydrogens (primary N) is 1. The largest absolute Gasteiger partial charge is 0.492 e. The summed E-state index contributed by atoms with van der Waals surface area (Å²) in [6, 6.07) is 9.35. The van der Waals surface area contributed by atoms with Crippen LogP contribution in [0.25, 0.3) is 0 Å². The first-order chi connectivity index (χ1) is 8.38. The second-order valence-corrected chi connectivity index (χ2v) is 3.36. The van der Waals surface area contributed by atoms with Gasteiger partial charge in [-0.25, -0.2) is 9.97 Å². The molecule has 88 valence electrons. The Balaban J connectivity index is 2.06. The van der Waals surface area contributed by atoms with Crippen molar-refractivity contribution in [1.29, 1.82) is 0 Å². The highest BCUT2D eigenvalue weighted by Gasteiger charge is 1.98. The van der Waals surface area contributed by atoms with Crippen molar-refractivity contribution in [1.82, 2.24) is 9.97 Å². The molecule has 17 heavy (non-hydrogen) atoms. The van der Waals surface area contributed by atoms with E-state index in [0.29, 0.717) is 19.1 Å². The van der Waals surface area contributed by atoms with Gasteiger partial charge in [-0.05, 0) is 18.2 Å². The van der Waals surface area contributed by atoms with E-state index in [0.717, 1.165) is 11.4 Å². The Kier molecular flexibility index (Phi) is 3.88. The maximum absolute atomic E-state index is 5.43. The monoisotopic (exact) mass is 230 g/mol. The third kappa shape index (κ3) is 3.42. The van der Waals surface area contributed by atoms with Crippen LogP contribution in [0, 0.1) is 0 Å². The Hall–Kier alpha value is -2.14. The van der Waals surface area contributed by atoms with Gasteiger partial charge in [0.15, 0.2) is 0 Å². The van der Waals surface area contributed by atoms with Crippen molar-refractivity contribution in [2.45, 2.75) is 0 Å². The highest BCUT2D eigenvalue weighted by atomic mass is 16.5. The van der Waals surface area contributed by atoms with Gasteiger partial charge >= 0.3 is 0 Å². The van der Waals surface area contributed by atoms with Crippen molar-refractivity contribution >= 4 is 11.6 Å². The summed E-state index contributed by atoms with van der Waals surface area (Å²) in [4.78, 5) is 8.17. The minimum Gasteiger partial charge on any atom is -0.492 e. The second-order valence-electron chi connectivity index (χ2n) is 3.36. The SMILES string of the molecule is NCCOc1cccc(Nc2ncccn2)c1. The minimum atomic E-state index is 0.499. The van der Waals surface area contributed by atoms with E-state index in [-0.39, 0.29) is 0 Å². The molecule has 3 N–H and O–H groups in total. The lowest BCUT2D eigenvalue weighted by Crippen LogP contribution is -2.10. The van der Waals surface area contributed by atoms with Crippen molar-refractivity contribution in [2.24, 2.45) is 5.73 Å². The summed E-state index contributed by atoms with van der Waals surface area (Å²) in [5.41, 5.74) is 6.26. The summed E-state index contributed by atoms with van der Waals surface area (Å²) in [5, 5.41) is 3.09. The summed E-state index contributed by atoms with van der Waals surface area (Å²) in [5.74, 6) is 1.33. The Morgan fingerprint density at radius 3 is 2.76 bits per heavy atom. The molecule has 0 aliphatic heterocycles. The number of benzene rings is 1. The summed E-state index contributed by atoms with van der Waals surface area (Å²) in [6.07, 6.45) is 3.37. The van der Waals surface area contributed by atoms with E-state index in [1.807, 2.05) is 24.3 Å². The Morgan fingerprint density at radius 2 is 2.00 bits per heavy atom. The van der Waals surface area contributed by atoms with E-state index in [4.69, 9.17) is 10.5 Å². The number of rotatable bonds is 5. The molecule has 0 fully saturated rings. The van der Waals surface area contributed by atoms with Crippen LogP contribution < -0.4 is 15.8 Å². The van der Waals surface area contributed by atoms with Crippen LogP contribution in [-0.4, -0.2) is 23.1 Å². The fourth-order valence-corrected chi connectivity index (χ4v) is 1.33. The Morgan fingerprint density at radius 1 is 1.18 bits per heavy atom. The van der Waals surface area contributed by atoms with Gasteiger partial charge < -0.3 is 15.8 Å². The maximum Gasteiger partial charge on any atom is 0.227 e. The average Bonchev–Trinajstić information content (AvgIpc) is 2.38. The molecule has 0 bridgehead atoms. The topological polar surface area (TPSA) is 73.1 Å². The number of anilines is 2. The molecule has 5 nitrogen and oxygen atoms in total. The van der Waals surface area contributed by atoms with Crippen molar-refractivity contribution in [3.8, 4) is 5.75 Å². The van der Waals surface area contributed by atoms with Gasteiger partial charge in [0.2, 0.25) is 5.95 Å². The molecule has 0 saturated carbocycles. The maximum atomic E-state index is 5.43. The third-order valence-corrected chi connectivity index (χ3v) is 2.04. The molecule has 0 saturated heterocycles. The van der Waals surface area contributed by atoms with Gasteiger partial charge in [0.05, 0.1) is 0 Å². The highest BCUT2D eigenvalue weighted by molar-refractivity contribution is 5.55. The summed E-state index contributed by atoms with van der Waals surface area (Å²) < 4.78 is 5.43. The van der Waals surface area contributed by atoms with Crippen LogP contribution >= 0.6 is 0 Å². The number of hydrogen-bond acceptors (Lipinski definition) is 5. The lowest BCUT2D eigenvalue weighted by molar-refractivity contribution is 0.328. The van der Waals surface area contributed by atoms with Gasteiger partial charge in [0, 0.05) is 30.7 Å². The molecule has 0 atom stereocenters. The highest BCUT2D eigenvalue weighted by Crippen LogP contribution is 2.19. The van der Waals surface area contributed by atoms with Crippen LogP contribution in [0.2, 0.25) is 0 Å². The molecule has 1 heterocycles. The minimum absolute atomic E-state index is 0.499. The number of hydrogen-bond donors (Lipinski definition) is 2. The van der Waals surface area contributed by atoms with E-state index in [1.165, 1.54) is 0 Å². The predicted molar refractivity (Wildman–Crippen MR) is 66.3 cm³/mol. The van der Waals surface area contributed by atoms with E-state index in [1.54, 1.807) is 18.5 Å². The summed E-state index contributed by atoms with van der Waals surface area (Å²) >= 11 is 0. The number of ether oxygens (including phenoxy) is 1. The average molecular weight is 230 g/mol. The first-order valence-electron chi connectivity index (χ1n) is 5.35. The number of aromatic nitrogens is 2. The molecular formula is C12H14N4O. The van der Waals surface area contributed by atoms with Gasteiger partial charge in [-0.1, -0.05) is 6.07 Å². The molecule has 2 aromatic rings. The fraction of sp³-hybridized carbons (Fsp3) is 0.167. The zero-order chi connectivity index (χ0) is 11.9. The van der Waals surface area contributed by atoms with Gasteiger partial charge in [-0.15, -0.1) is 0 Å². The van der Waals surface area contributed by atoms with Crippen LogP contribution in [-0.2, 0) is 0 Å². The quantitative estimate of drug-likeness (QED) is 0.815. The van der Waals surface area contributed by atoms with Crippen molar-refractivity contribution in [2.75, 3.05) is 18.5 Å². The normalized spacial score (nSPS) is 9.94. The first-order valence-corrected chi connectivity index (χ1v) is 5.35. The summed E-state index contributed by atoms with van der Waals surface area (Å²) in [6.45, 7) is 1.00. The smallest absolute Gasteiger partial charge is 0.227 e. The molecule has 0 spiro atoms. The third-order valence-electron chi connectivity index (χ3n) is 2.04. The van der Waals surface area contributed by atoms with E-state index >= 15 is 0 Å². The molecule has 2 rings (SSSR count). The molecule has 0 aliphatic rings. The Bertz CT molecular complexity index is 461. The zero-order valence-corrected chi connectivity index (χ0v) is 9.34. The number of nitrogens with zero attached hydrogens (tertiary/aromatic N) is 2. The second kappa shape index (κ2) is 5.81. The predicted octanol–water partition coefficient (Wildman–Crippen LogP) is 1.56. The van der Waals surface area contributed by atoms with Crippen LogP contribution in [0.15, 0.2) is 42.7 Å². The lowest BCUT2D eigenvalue weighted by atomic mass is 10.3.